The van der Waals surface area contributed by atoms with E-state index in [1.807, 2.05) is 45.9 Å². The maximum absolute atomic E-state index is 11.8. The van der Waals surface area contributed by atoms with Gasteiger partial charge in [0.15, 0.2) is 5.96 Å². The van der Waals surface area contributed by atoms with Gasteiger partial charge in [-0.2, -0.15) is 0 Å². The van der Waals surface area contributed by atoms with Gasteiger partial charge in [0, 0.05) is 44.2 Å². The number of guanidine groups is 1. The Kier molecular flexibility index (Phi) is 12.5. The molecule has 0 aliphatic heterocycles. The molecule has 0 saturated carbocycles. The minimum atomic E-state index is -0.387. The third kappa shape index (κ3) is 9.91. The normalized spacial score (nSPS) is 11.2. The number of aliphatic imine (C=N–C) groups is 1. The monoisotopic (exact) mass is 503 g/mol. The summed E-state index contributed by atoms with van der Waals surface area (Å²) >= 11 is 0. The Morgan fingerprint density at radius 2 is 1.75 bits per heavy atom. The van der Waals surface area contributed by atoms with Crippen molar-refractivity contribution in [2.45, 2.75) is 34.1 Å². The van der Waals surface area contributed by atoms with Crippen molar-refractivity contribution in [3.8, 4) is 0 Å². The highest BCUT2D eigenvalue weighted by atomic mass is 127. The van der Waals surface area contributed by atoms with Crippen LogP contribution < -0.4 is 21.3 Å². The molecule has 0 bridgehead atoms. The Balaban J connectivity index is 0.00000729. The van der Waals surface area contributed by atoms with Gasteiger partial charge in [0.25, 0.3) is 5.91 Å². The van der Waals surface area contributed by atoms with Crippen LogP contribution in [0.1, 0.15) is 43.6 Å². The van der Waals surface area contributed by atoms with Crippen molar-refractivity contribution < 1.29 is 9.59 Å². The highest BCUT2D eigenvalue weighted by molar-refractivity contribution is 14.0. The first-order chi connectivity index (χ1) is 12.8. The number of carbonyl (C=O) groups excluding carboxylic acids is 2. The SMILES string of the molecule is CCNC(=NCCc1cccc(C(=O)NC)c1)NCCNC(=O)C(C)(C)C.I. The maximum atomic E-state index is 11.8. The van der Waals surface area contributed by atoms with Crippen molar-refractivity contribution in [3.05, 3.63) is 35.4 Å². The minimum Gasteiger partial charge on any atom is -0.357 e. The van der Waals surface area contributed by atoms with Crippen LogP contribution in [-0.2, 0) is 11.2 Å². The summed E-state index contributed by atoms with van der Waals surface area (Å²) in [6.45, 7) is 10.2. The molecular weight excluding hydrogens is 469 g/mol. The zero-order valence-electron chi connectivity index (χ0n) is 17.5. The first-order valence-electron chi connectivity index (χ1n) is 9.39. The van der Waals surface area contributed by atoms with Gasteiger partial charge in [0.2, 0.25) is 5.91 Å². The second-order valence-electron chi connectivity index (χ2n) is 7.22. The summed E-state index contributed by atoms with van der Waals surface area (Å²) in [5.74, 6) is 0.653. The summed E-state index contributed by atoms with van der Waals surface area (Å²) in [6, 6.07) is 7.55. The van der Waals surface area contributed by atoms with Gasteiger partial charge in [-0.1, -0.05) is 32.9 Å². The van der Waals surface area contributed by atoms with E-state index >= 15 is 0 Å². The molecule has 0 atom stereocenters. The average molecular weight is 503 g/mol. The van der Waals surface area contributed by atoms with Gasteiger partial charge in [-0.05, 0) is 31.0 Å². The molecule has 0 unspecified atom stereocenters. The highest BCUT2D eigenvalue weighted by Crippen LogP contribution is 2.11. The van der Waals surface area contributed by atoms with Crippen molar-refractivity contribution >= 4 is 41.8 Å². The van der Waals surface area contributed by atoms with E-state index < -0.39 is 0 Å². The number of nitrogens with zero attached hydrogens (tertiary/aromatic N) is 1. The smallest absolute Gasteiger partial charge is 0.251 e. The van der Waals surface area contributed by atoms with E-state index in [-0.39, 0.29) is 41.2 Å². The van der Waals surface area contributed by atoms with Crippen molar-refractivity contribution in [3.63, 3.8) is 0 Å². The first-order valence-corrected chi connectivity index (χ1v) is 9.39. The number of amides is 2. The van der Waals surface area contributed by atoms with E-state index in [4.69, 9.17) is 0 Å². The van der Waals surface area contributed by atoms with Crippen molar-refractivity contribution in [2.75, 3.05) is 33.2 Å². The molecule has 1 aromatic rings. The zero-order valence-corrected chi connectivity index (χ0v) is 19.8. The fourth-order valence-electron chi connectivity index (χ4n) is 2.27. The van der Waals surface area contributed by atoms with E-state index in [0.29, 0.717) is 31.2 Å². The number of rotatable bonds is 8. The van der Waals surface area contributed by atoms with Crippen LogP contribution in [0.3, 0.4) is 0 Å². The molecule has 0 aromatic heterocycles. The van der Waals surface area contributed by atoms with Crippen LogP contribution in [0.2, 0.25) is 0 Å². The Morgan fingerprint density at radius 1 is 1.07 bits per heavy atom. The lowest BCUT2D eigenvalue weighted by Crippen LogP contribution is -2.43. The van der Waals surface area contributed by atoms with E-state index in [1.54, 1.807) is 13.1 Å². The lowest BCUT2D eigenvalue weighted by Gasteiger charge is -2.18. The molecule has 1 aromatic carbocycles. The van der Waals surface area contributed by atoms with Gasteiger partial charge >= 0.3 is 0 Å². The number of halogens is 1. The van der Waals surface area contributed by atoms with Crippen LogP contribution >= 0.6 is 24.0 Å². The highest BCUT2D eigenvalue weighted by Gasteiger charge is 2.20. The van der Waals surface area contributed by atoms with Crippen molar-refractivity contribution in [1.29, 1.82) is 0 Å². The first kappa shape index (κ1) is 26.2. The molecule has 0 radical (unpaired) electrons. The molecule has 0 spiro atoms. The summed E-state index contributed by atoms with van der Waals surface area (Å²) in [5, 5.41) is 11.9. The molecule has 4 N–H and O–H groups in total. The standard InChI is InChI=1S/C20H33N5O2.HI/c1-6-22-19(25-13-12-23-18(27)20(2,3)4)24-11-10-15-8-7-9-16(14-15)17(26)21-5;/h7-9,14H,6,10-13H2,1-5H3,(H,21,26)(H,23,27)(H2,22,24,25);1H. The molecule has 8 heteroatoms. The third-order valence-electron chi connectivity index (χ3n) is 3.82. The molecular formula is C20H34IN5O2. The van der Waals surface area contributed by atoms with Crippen LogP contribution in [0.25, 0.3) is 0 Å². The molecule has 0 heterocycles. The lowest BCUT2D eigenvalue weighted by molar-refractivity contribution is -0.128. The molecule has 2 amide bonds. The number of benzene rings is 1. The zero-order chi connectivity index (χ0) is 20.3. The topological polar surface area (TPSA) is 94.6 Å². The Morgan fingerprint density at radius 3 is 2.36 bits per heavy atom. The molecule has 0 aliphatic rings. The van der Waals surface area contributed by atoms with Crippen LogP contribution in [0, 0.1) is 5.41 Å². The number of hydrogen-bond donors (Lipinski definition) is 4. The third-order valence-corrected chi connectivity index (χ3v) is 3.82. The predicted octanol–water partition coefficient (Wildman–Crippen LogP) is 1.92. The van der Waals surface area contributed by atoms with Gasteiger partial charge < -0.3 is 21.3 Å². The molecule has 0 aliphatic carbocycles. The van der Waals surface area contributed by atoms with E-state index in [9.17, 15) is 9.59 Å². The van der Waals surface area contributed by atoms with Gasteiger partial charge in [0.1, 0.15) is 0 Å². The molecule has 158 valence electrons. The van der Waals surface area contributed by atoms with E-state index in [1.165, 1.54) is 0 Å². The largest absolute Gasteiger partial charge is 0.357 e. The molecule has 1 rings (SSSR count). The number of carbonyl (C=O) groups is 2. The number of hydrogen-bond acceptors (Lipinski definition) is 3. The van der Waals surface area contributed by atoms with Gasteiger partial charge in [-0.3, -0.25) is 14.6 Å². The Labute approximate surface area is 185 Å². The molecule has 0 saturated heterocycles. The number of nitrogens with one attached hydrogen (secondary N) is 4. The maximum Gasteiger partial charge on any atom is 0.251 e. The summed E-state index contributed by atoms with van der Waals surface area (Å²) < 4.78 is 0. The second kappa shape index (κ2) is 13.4. The van der Waals surface area contributed by atoms with Crippen molar-refractivity contribution in [1.82, 2.24) is 21.3 Å². The van der Waals surface area contributed by atoms with E-state index in [0.717, 1.165) is 18.5 Å². The van der Waals surface area contributed by atoms with Gasteiger partial charge in [-0.15, -0.1) is 24.0 Å². The summed E-state index contributed by atoms with van der Waals surface area (Å²) in [5.41, 5.74) is 1.33. The summed E-state index contributed by atoms with van der Waals surface area (Å²) in [4.78, 5) is 28.1. The van der Waals surface area contributed by atoms with Crippen LogP contribution in [0.15, 0.2) is 29.3 Å². The van der Waals surface area contributed by atoms with Gasteiger partial charge in [-0.25, -0.2) is 0 Å². The lowest BCUT2D eigenvalue weighted by atomic mass is 9.96. The minimum absolute atomic E-state index is 0. The quantitative estimate of drug-likeness (QED) is 0.189. The van der Waals surface area contributed by atoms with Gasteiger partial charge in [0.05, 0.1) is 0 Å². The molecule has 7 nitrogen and oxygen atoms in total. The molecule has 0 fully saturated rings. The average Bonchev–Trinajstić information content (AvgIpc) is 2.63. The second-order valence-corrected chi connectivity index (χ2v) is 7.22. The molecule has 28 heavy (non-hydrogen) atoms. The summed E-state index contributed by atoms with van der Waals surface area (Å²) in [7, 11) is 1.62. The van der Waals surface area contributed by atoms with Crippen LogP contribution in [0.5, 0.6) is 0 Å². The fraction of sp³-hybridized carbons (Fsp3) is 0.550. The summed E-state index contributed by atoms with van der Waals surface area (Å²) in [6.07, 6.45) is 0.738. The van der Waals surface area contributed by atoms with Crippen LogP contribution in [0.4, 0.5) is 0 Å². The predicted molar refractivity (Wildman–Crippen MR) is 125 cm³/mol. The fourth-order valence-corrected chi connectivity index (χ4v) is 2.27. The Hall–Kier alpha value is -1.84. The van der Waals surface area contributed by atoms with Crippen LogP contribution in [-0.4, -0.2) is 51.0 Å². The Bertz CT molecular complexity index is 656. The van der Waals surface area contributed by atoms with E-state index in [2.05, 4.69) is 26.3 Å². The van der Waals surface area contributed by atoms with Crippen molar-refractivity contribution in [2.24, 2.45) is 10.4 Å².